The van der Waals surface area contributed by atoms with Gasteiger partial charge in [-0.1, -0.05) is 6.08 Å². The Bertz CT molecular complexity index is 728. The minimum Gasteiger partial charge on any atom is -0.493 e. The Morgan fingerprint density at radius 1 is 1.18 bits per heavy atom. The molecule has 3 heterocycles. The summed E-state index contributed by atoms with van der Waals surface area (Å²) in [5.41, 5.74) is 16.9. The number of nitrogen functional groups attached to an aromatic ring is 2. The van der Waals surface area contributed by atoms with Crippen LogP contribution >= 0.6 is 0 Å². The first kappa shape index (κ1) is 14.3. The topological polar surface area (TPSA) is 96.3 Å². The van der Waals surface area contributed by atoms with Crippen molar-refractivity contribution in [2.24, 2.45) is 0 Å². The molecular weight excluding hydrogens is 280 g/mol. The minimum atomic E-state index is 0.504. The van der Waals surface area contributed by atoms with E-state index in [0.717, 1.165) is 28.8 Å². The number of rotatable bonds is 3. The van der Waals surface area contributed by atoms with E-state index in [-0.39, 0.29) is 0 Å². The maximum absolute atomic E-state index is 6.20. The second-order valence-corrected chi connectivity index (χ2v) is 5.01. The van der Waals surface area contributed by atoms with E-state index >= 15 is 0 Å². The van der Waals surface area contributed by atoms with Gasteiger partial charge in [0.15, 0.2) is 5.75 Å². The Balaban J connectivity index is 2.01. The summed E-state index contributed by atoms with van der Waals surface area (Å²) in [6, 6.07) is 1.87. The van der Waals surface area contributed by atoms with Gasteiger partial charge >= 0.3 is 0 Å². The van der Waals surface area contributed by atoms with Crippen molar-refractivity contribution in [1.82, 2.24) is 9.97 Å². The van der Waals surface area contributed by atoms with Crippen LogP contribution in [0, 0.1) is 0 Å². The number of hydrogen-bond donors (Lipinski definition) is 2. The van der Waals surface area contributed by atoms with E-state index in [9.17, 15) is 0 Å². The second kappa shape index (κ2) is 6.03. The van der Waals surface area contributed by atoms with E-state index in [1.807, 2.05) is 12.1 Å². The molecule has 1 aliphatic rings. The predicted octanol–water partition coefficient (Wildman–Crippen LogP) is 2.12. The highest BCUT2D eigenvalue weighted by Crippen LogP contribution is 2.35. The lowest BCUT2D eigenvalue weighted by atomic mass is 10.0. The summed E-state index contributed by atoms with van der Waals surface area (Å²) < 4.78 is 10.5. The predicted molar refractivity (Wildman–Crippen MR) is 86.3 cm³/mol. The molecule has 6 heteroatoms. The van der Waals surface area contributed by atoms with Crippen LogP contribution in [-0.2, 0) is 4.74 Å². The Hall–Kier alpha value is -2.60. The molecule has 2 aromatic heterocycles. The smallest absolute Gasteiger partial charge is 0.160 e. The molecule has 0 atom stereocenters. The van der Waals surface area contributed by atoms with Crippen molar-refractivity contribution >= 4 is 16.9 Å². The number of hydrogen-bond acceptors (Lipinski definition) is 6. The highest BCUT2D eigenvalue weighted by Gasteiger charge is 2.14. The van der Waals surface area contributed by atoms with Crippen molar-refractivity contribution < 1.29 is 9.47 Å². The third kappa shape index (κ3) is 2.60. The van der Waals surface area contributed by atoms with Crippen molar-refractivity contribution in [1.29, 1.82) is 0 Å². The lowest BCUT2D eigenvalue weighted by Crippen LogP contribution is -2.06. The Kier molecular flexibility index (Phi) is 3.93. The van der Waals surface area contributed by atoms with Gasteiger partial charge < -0.3 is 20.9 Å². The molecule has 0 saturated heterocycles. The zero-order valence-electron chi connectivity index (χ0n) is 12.4. The molecule has 114 valence electrons. The summed E-state index contributed by atoms with van der Waals surface area (Å²) in [6.07, 6.45) is 7.84. The van der Waals surface area contributed by atoms with E-state index in [1.54, 1.807) is 25.7 Å². The van der Waals surface area contributed by atoms with E-state index in [2.05, 4.69) is 9.97 Å². The summed E-state index contributed by atoms with van der Waals surface area (Å²) in [5, 5.41) is 0. The number of methoxy groups -OCH3 is 1. The van der Waals surface area contributed by atoms with Gasteiger partial charge in [-0.15, -0.1) is 0 Å². The molecule has 2 aromatic rings. The van der Waals surface area contributed by atoms with E-state index in [1.165, 1.54) is 0 Å². The largest absolute Gasteiger partial charge is 0.493 e. The normalized spacial score (nSPS) is 14.5. The fraction of sp³-hybridized carbons (Fsp3) is 0.250. The molecule has 0 spiro atoms. The molecule has 0 radical (unpaired) electrons. The molecule has 0 amide bonds. The number of pyridine rings is 2. The number of nitrogens with zero attached hydrogens (tertiary/aromatic N) is 2. The van der Waals surface area contributed by atoms with Gasteiger partial charge in [0.25, 0.3) is 0 Å². The zero-order valence-corrected chi connectivity index (χ0v) is 12.4. The molecule has 0 unspecified atom stereocenters. The van der Waals surface area contributed by atoms with Crippen molar-refractivity contribution in [3.63, 3.8) is 0 Å². The lowest BCUT2D eigenvalue weighted by Gasteiger charge is -2.15. The SMILES string of the molecule is COc1cncc(-c2cnc(C3=CCOCC3)cc2N)c1N. The van der Waals surface area contributed by atoms with Crippen LogP contribution in [0.25, 0.3) is 16.7 Å². The monoisotopic (exact) mass is 298 g/mol. The van der Waals surface area contributed by atoms with Crippen LogP contribution in [0.1, 0.15) is 12.1 Å². The van der Waals surface area contributed by atoms with Crippen LogP contribution in [0.5, 0.6) is 5.75 Å². The Morgan fingerprint density at radius 3 is 2.73 bits per heavy atom. The highest BCUT2D eigenvalue weighted by atomic mass is 16.5. The number of anilines is 2. The lowest BCUT2D eigenvalue weighted by molar-refractivity contribution is 0.161. The molecule has 22 heavy (non-hydrogen) atoms. The maximum Gasteiger partial charge on any atom is 0.160 e. The molecule has 4 N–H and O–H groups in total. The maximum atomic E-state index is 6.20. The third-order valence-electron chi connectivity index (χ3n) is 3.69. The van der Waals surface area contributed by atoms with E-state index in [4.69, 9.17) is 20.9 Å². The van der Waals surface area contributed by atoms with Gasteiger partial charge in [-0.3, -0.25) is 9.97 Å². The van der Waals surface area contributed by atoms with Crippen LogP contribution in [0.4, 0.5) is 11.4 Å². The number of aromatic nitrogens is 2. The average Bonchev–Trinajstić information content (AvgIpc) is 2.56. The third-order valence-corrected chi connectivity index (χ3v) is 3.69. The van der Waals surface area contributed by atoms with Crippen molar-refractivity contribution in [2.75, 3.05) is 31.8 Å². The summed E-state index contributed by atoms with van der Waals surface area (Å²) in [6.45, 7) is 1.33. The fourth-order valence-corrected chi connectivity index (χ4v) is 2.46. The van der Waals surface area contributed by atoms with Crippen molar-refractivity contribution in [2.45, 2.75) is 6.42 Å². The van der Waals surface area contributed by atoms with Gasteiger partial charge in [-0.2, -0.15) is 0 Å². The van der Waals surface area contributed by atoms with Crippen LogP contribution in [-0.4, -0.2) is 30.3 Å². The minimum absolute atomic E-state index is 0.504. The standard InChI is InChI=1S/C16H18N4O2/c1-21-15-9-19-7-12(16(15)18)11-8-20-14(6-13(11)17)10-2-4-22-5-3-10/h2,6-9H,3-5H2,1H3,(H2,17,20)(H2,18,19). The highest BCUT2D eigenvalue weighted by molar-refractivity contribution is 5.86. The summed E-state index contributed by atoms with van der Waals surface area (Å²) in [4.78, 5) is 8.64. The molecule has 0 saturated carbocycles. The molecule has 0 bridgehead atoms. The molecule has 0 aliphatic carbocycles. The Morgan fingerprint density at radius 2 is 2.05 bits per heavy atom. The molecule has 0 fully saturated rings. The van der Waals surface area contributed by atoms with Gasteiger partial charge in [-0.05, 0) is 18.1 Å². The number of nitrogens with two attached hydrogens (primary N) is 2. The average molecular weight is 298 g/mol. The Labute approximate surface area is 128 Å². The molecule has 1 aliphatic heterocycles. The van der Waals surface area contributed by atoms with Gasteiger partial charge in [0.05, 0.1) is 37.9 Å². The quantitative estimate of drug-likeness (QED) is 0.901. The molecule has 6 nitrogen and oxygen atoms in total. The first-order chi connectivity index (χ1) is 10.7. The van der Waals surface area contributed by atoms with Gasteiger partial charge in [0.1, 0.15) is 0 Å². The molecule has 3 rings (SSSR count). The van der Waals surface area contributed by atoms with Crippen LogP contribution in [0.3, 0.4) is 0 Å². The van der Waals surface area contributed by atoms with E-state index < -0.39 is 0 Å². The zero-order chi connectivity index (χ0) is 15.5. The summed E-state index contributed by atoms with van der Waals surface area (Å²) in [7, 11) is 1.56. The second-order valence-electron chi connectivity index (χ2n) is 5.01. The van der Waals surface area contributed by atoms with Crippen LogP contribution < -0.4 is 16.2 Å². The van der Waals surface area contributed by atoms with Crippen LogP contribution in [0.15, 0.2) is 30.7 Å². The van der Waals surface area contributed by atoms with Gasteiger partial charge in [0.2, 0.25) is 0 Å². The van der Waals surface area contributed by atoms with Gasteiger partial charge in [0, 0.05) is 29.2 Å². The summed E-state index contributed by atoms with van der Waals surface area (Å²) in [5.74, 6) is 0.521. The number of ether oxygens (including phenoxy) is 2. The van der Waals surface area contributed by atoms with Crippen molar-refractivity contribution in [3.8, 4) is 16.9 Å². The van der Waals surface area contributed by atoms with Crippen LogP contribution in [0.2, 0.25) is 0 Å². The summed E-state index contributed by atoms with van der Waals surface area (Å²) >= 11 is 0. The van der Waals surface area contributed by atoms with Gasteiger partial charge in [-0.25, -0.2) is 0 Å². The van der Waals surface area contributed by atoms with Crippen molar-refractivity contribution in [3.05, 3.63) is 36.4 Å². The van der Waals surface area contributed by atoms with E-state index in [0.29, 0.717) is 30.3 Å². The molecule has 0 aromatic carbocycles. The fourth-order valence-electron chi connectivity index (χ4n) is 2.46. The first-order valence-corrected chi connectivity index (χ1v) is 7.01. The first-order valence-electron chi connectivity index (χ1n) is 7.01. The molecular formula is C16H18N4O2.